The van der Waals surface area contributed by atoms with Gasteiger partial charge in [0.25, 0.3) is 0 Å². The van der Waals surface area contributed by atoms with Crippen LogP contribution in [0.15, 0.2) is 18.2 Å². The summed E-state index contributed by atoms with van der Waals surface area (Å²) < 4.78 is 0. The minimum atomic E-state index is 0.556. The fraction of sp³-hybridized carbons (Fsp3) is 0.400. The SMILES string of the molecule is CCCC[N]c1cccc(Cl)c1Cl. The Hall–Kier alpha value is -0.400. The standard InChI is InChI=1S/C10H12Cl2N/c1-2-3-7-13-9-6-4-5-8(11)10(9)12/h4-6H,2-3,7H2,1H3. The minimum Gasteiger partial charge on any atom is -0.284 e. The van der Waals surface area contributed by atoms with Gasteiger partial charge in [-0.15, -0.1) is 0 Å². The van der Waals surface area contributed by atoms with E-state index in [9.17, 15) is 0 Å². The summed E-state index contributed by atoms with van der Waals surface area (Å²) in [5.41, 5.74) is 0.794. The third kappa shape index (κ3) is 3.09. The Morgan fingerprint density at radius 3 is 2.77 bits per heavy atom. The smallest absolute Gasteiger partial charge is 0.0844 e. The van der Waals surface area contributed by atoms with Crippen LogP contribution in [0.2, 0.25) is 10.0 Å². The predicted octanol–water partition coefficient (Wildman–Crippen LogP) is 4.03. The first-order valence-electron chi connectivity index (χ1n) is 4.37. The van der Waals surface area contributed by atoms with Crippen LogP contribution in [-0.4, -0.2) is 6.54 Å². The summed E-state index contributed by atoms with van der Waals surface area (Å²) in [6.45, 7) is 2.95. The summed E-state index contributed by atoms with van der Waals surface area (Å²) in [5, 5.41) is 5.46. The molecule has 0 spiro atoms. The summed E-state index contributed by atoms with van der Waals surface area (Å²) in [6, 6.07) is 5.51. The van der Waals surface area contributed by atoms with Crippen molar-refractivity contribution in [1.82, 2.24) is 5.32 Å². The van der Waals surface area contributed by atoms with Gasteiger partial charge in [-0.1, -0.05) is 42.6 Å². The molecule has 13 heavy (non-hydrogen) atoms. The van der Waals surface area contributed by atoms with E-state index >= 15 is 0 Å². The van der Waals surface area contributed by atoms with Crippen molar-refractivity contribution in [1.29, 1.82) is 0 Å². The van der Waals surface area contributed by atoms with Crippen molar-refractivity contribution in [2.45, 2.75) is 19.8 Å². The maximum absolute atomic E-state index is 5.95. The fourth-order valence-electron chi connectivity index (χ4n) is 0.972. The highest BCUT2D eigenvalue weighted by Gasteiger charge is 2.03. The normalized spacial score (nSPS) is 10.1. The Labute approximate surface area is 89.0 Å². The first-order valence-corrected chi connectivity index (χ1v) is 5.12. The van der Waals surface area contributed by atoms with Crippen LogP contribution in [-0.2, 0) is 0 Å². The van der Waals surface area contributed by atoms with Gasteiger partial charge in [0.15, 0.2) is 0 Å². The molecule has 0 saturated carbocycles. The summed E-state index contributed by atoms with van der Waals surface area (Å²) >= 11 is 11.8. The molecule has 1 aromatic carbocycles. The van der Waals surface area contributed by atoms with Crippen LogP contribution in [0.3, 0.4) is 0 Å². The number of hydrogen-bond donors (Lipinski definition) is 0. The number of rotatable bonds is 4. The third-order valence-corrected chi connectivity index (χ3v) is 2.53. The van der Waals surface area contributed by atoms with E-state index in [1.54, 1.807) is 6.07 Å². The molecule has 1 radical (unpaired) electrons. The quantitative estimate of drug-likeness (QED) is 0.676. The van der Waals surface area contributed by atoms with Gasteiger partial charge in [-0.3, -0.25) is 5.32 Å². The molecule has 0 bridgehead atoms. The second-order valence-electron chi connectivity index (χ2n) is 2.81. The Morgan fingerprint density at radius 2 is 2.08 bits per heavy atom. The van der Waals surface area contributed by atoms with Gasteiger partial charge in [-0.25, -0.2) is 0 Å². The highest BCUT2D eigenvalue weighted by molar-refractivity contribution is 6.43. The largest absolute Gasteiger partial charge is 0.284 e. The lowest BCUT2D eigenvalue weighted by molar-refractivity contribution is 0.732. The number of nitrogens with zero attached hydrogens (tertiary/aromatic N) is 1. The van der Waals surface area contributed by atoms with E-state index in [1.807, 2.05) is 12.1 Å². The van der Waals surface area contributed by atoms with Crippen molar-refractivity contribution in [3.8, 4) is 0 Å². The maximum Gasteiger partial charge on any atom is 0.0844 e. The van der Waals surface area contributed by atoms with Gasteiger partial charge in [0.2, 0.25) is 0 Å². The molecule has 0 aliphatic heterocycles. The minimum absolute atomic E-state index is 0.556. The van der Waals surface area contributed by atoms with Crippen molar-refractivity contribution in [2.75, 3.05) is 6.54 Å². The monoisotopic (exact) mass is 216 g/mol. The molecular weight excluding hydrogens is 205 g/mol. The van der Waals surface area contributed by atoms with Crippen molar-refractivity contribution in [2.24, 2.45) is 0 Å². The van der Waals surface area contributed by atoms with E-state index in [-0.39, 0.29) is 0 Å². The Kier molecular flexibility index (Phi) is 4.40. The number of hydrogen-bond acceptors (Lipinski definition) is 0. The molecule has 0 fully saturated rings. The van der Waals surface area contributed by atoms with Gasteiger partial charge in [-0.2, -0.15) is 0 Å². The molecule has 1 aromatic rings. The highest BCUT2D eigenvalue weighted by Crippen LogP contribution is 2.29. The van der Waals surface area contributed by atoms with Crippen molar-refractivity contribution >= 4 is 28.9 Å². The lowest BCUT2D eigenvalue weighted by atomic mass is 10.3. The van der Waals surface area contributed by atoms with Gasteiger partial charge in [0.1, 0.15) is 0 Å². The average molecular weight is 217 g/mol. The number of unbranched alkanes of at least 4 members (excludes halogenated alkanes) is 1. The Morgan fingerprint density at radius 1 is 1.31 bits per heavy atom. The van der Waals surface area contributed by atoms with Crippen LogP contribution in [0.5, 0.6) is 0 Å². The number of halogens is 2. The lowest BCUT2D eigenvalue weighted by Gasteiger charge is -2.05. The highest BCUT2D eigenvalue weighted by atomic mass is 35.5. The lowest BCUT2D eigenvalue weighted by Crippen LogP contribution is -1.99. The zero-order valence-corrected chi connectivity index (χ0v) is 9.07. The van der Waals surface area contributed by atoms with Gasteiger partial charge in [-0.05, 0) is 18.6 Å². The second-order valence-corrected chi connectivity index (χ2v) is 3.59. The Balaban J connectivity index is 2.61. The van der Waals surface area contributed by atoms with Crippen LogP contribution in [0.25, 0.3) is 0 Å². The Bertz CT molecular complexity index is 274. The molecule has 0 atom stereocenters. The third-order valence-electron chi connectivity index (χ3n) is 1.73. The second kappa shape index (κ2) is 5.36. The molecule has 1 nitrogen and oxygen atoms in total. The molecule has 0 aliphatic carbocycles. The molecule has 0 aliphatic rings. The zero-order valence-electron chi connectivity index (χ0n) is 7.56. The van der Waals surface area contributed by atoms with E-state index < -0.39 is 0 Å². The van der Waals surface area contributed by atoms with Crippen LogP contribution in [0.1, 0.15) is 19.8 Å². The summed E-state index contributed by atoms with van der Waals surface area (Å²) in [6.07, 6.45) is 2.23. The molecule has 71 valence electrons. The van der Waals surface area contributed by atoms with E-state index in [1.165, 1.54) is 0 Å². The van der Waals surface area contributed by atoms with Crippen LogP contribution >= 0.6 is 23.2 Å². The molecule has 3 heteroatoms. The first-order chi connectivity index (χ1) is 6.25. The molecule has 0 aromatic heterocycles. The van der Waals surface area contributed by atoms with Crippen LogP contribution in [0, 0.1) is 0 Å². The zero-order chi connectivity index (χ0) is 9.68. The summed E-state index contributed by atoms with van der Waals surface area (Å²) in [7, 11) is 0. The maximum atomic E-state index is 5.95. The van der Waals surface area contributed by atoms with Crippen molar-refractivity contribution < 1.29 is 0 Å². The topological polar surface area (TPSA) is 14.1 Å². The van der Waals surface area contributed by atoms with Gasteiger partial charge >= 0.3 is 0 Å². The van der Waals surface area contributed by atoms with E-state index in [0.717, 1.165) is 25.1 Å². The van der Waals surface area contributed by atoms with Gasteiger partial charge in [0.05, 0.1) is 15.7 Å². The predicted molar refractivity (Wildman–Crippen MR) is 58.0 cm³/mol. The molecule has 0 heterocycles. The summed E-state index contributed by atoms with van der Waals surface area (Å²) in [5.74, 6) is 0. The van der Waals surface area contributed by atoms with Crippen molar-refractivity contribution in [3.05, 3.63) is 28.2 Å². The molecule has 0 saturated heterocycles. The van der Waals surface area contributed by atoms with Crippen LogP contribution in [0.4, 0.5) is 5.69 Å². The molecule has 1 rings (SSSR count). The number of benzene rings is 1. The fourth-order valence-corrected chi connectivity index (χ4v) is 1.33. The van der Waals surface area contributed by atoms with E-state index in [2.05, 4.69) is 12.2 Å². The molecular formula is C10H12Cl2N. The molecule has 0 N–H and O–H groups in total. The molecule has 0 unspecified atom stereocenters. The average Bonchev–Trinajstić information content (AvgIpc) is 2.13. The van der Waals surface area contributed by atoms with Crippen molar-refractivity contribution in [3.63, 3.8) is 0 Å². The van der Waals surface area contributed by atoms with Gasteiger partial charge < -0.3 is 0 Å². The summed E-state index contributed by atoms with van der Waals surface area (Å²) in [4.78, 5) is 0. The van der Waals surface area contributed by atoms with Gasteiger partial charge in [0, 0.05) is 6.54 Å². The van der Waals surface area contributed by atoms with E-state index in [0.29, 0.717) is 10.0 Å². The van der Waals surface area contributed by atoms with E-state index in [4.69, 9.17) is 23.2 Å². The van der Waals surface area contributed by atoms with Crippen LogP contribution < -0.4 is 5.32 Å². The molecule has 0 amide bonds. The first kappa shape index (κ1) is 10.7.